The number of rotatable bonds is 5. The molecule has 3 amide bonds. The van der Waals surface area contributed by atoms with Gasteiger partial charge in [0.15, 0.2) is 0 Å². The highest BCUT2D eigenvalue weighted by Gasteiger charge is 2.33. The van der Waals surface area contributed by atoms with Crippen molar-refractivity contribution in [2.75, 3.05) is 21.1 Å². The maximum absolute atomic E-state index is 13.0. The molecule has 0 aliphatic heterocycles. The van der Waals surface area contributed by atoms with Gasteiger partial charge in [-0.05, 0) is 18.1 Å². The molecule has 0 radical (unpaired) electrons. The topological polar surface area (TPSA) is 52.7 Å². The van der Waals surface area contributed by atoms with E-state index < -0.39 is 23.8 Å². The van der Waals surface area contributed by atoms with Crippen LogP contribution in [0, 0.1) is 0 Å². The van der Waals surface area contributed by atoms with Gasteiger partial charge in [-0.25, -0.2) is 4.79 Å². The van der Waals surface area contributed by atoms with Gasteiger partial charge in [0.05, 0.1) is 5.56 Å². The molecule has 24 heavy (non-hydrogen) atoms. The van der Waals surface area contributed by atoms with Gasteiger partial charge in [-0.2, -0.15) is 13.2 Å². The quantitative estimate of drug-likeness (QED) is 0.892. The second kappa shape index (κ2) is 8.03. The van der Waals surface area contributed by atoms with Crippen LogP contribution in [-0.2, 0) is 17.5 Å². The monoisotopic (exact) mass is 345 g/mol. The Morgan fingerprint density at radius 3 is 2.25 bits per heavy atom. The van der Waals surface area contributed by atoms with Crippen LogP contribution in [0.1, 0.15) is 24.5 Å². The lowest BCUT2D eigenvalue weighted by atomic mass is 10.1. The van der Waals surface area contributed by atoms with Crippen molar-refractivity contribution in [2.24, 2.45) is 0 Å². The largest absolute Gasteiger partial charge is 0.416 e. The second-order valence-electron chi connectivity index (χ2n) is 5.65. The molecule has 1 unspecified atom stereocenters. The number of urea groups is 1. The van der Waals surface area contributed by atoms with E-state index in [-0.39, 0.29) is 18.0 Å². The Balaban J connectivity index is 2.83. The van der Waals surface area contributed by atoms with Crippen molar-refractivity contribution < 1.29 is 22.8 Å². The van der Waals surface area contributed by atoms with Crippen LogP contribution in [0.3, 0.4) is 0 Å². The molecule has 0 saturated carbocycles. The number of nitrogens with zero attached hydrogens (tertiary/aromatic N) is 2. The molecule has 0 spiro atoms. The van der Waals surface area contributed by atoms with E-state index in [4.69, 9.17) is 0 Å². The second-order valence-corrected chi connectivity index (χ2v) is 5.65. The molecule has 134 valence electrons. The highest BCUT2D eigenvalue weighted by atomic mass is 19.4. The van der Waals surface area contributed by atoms with Crippen molar-refractivity contribution in [3.05, 3.63) is 35.4 Å². The predicted octanol–water partition coefficient (Wildman–Crippen LogP) is 2.71. The average Bonchev–Trinajstić information content (AvgIpc) is 2.50. The van der Waals surface area contributed by atoms with E-state index in [1.165, 1.54) is 30.1 Å². The minimum Gasteiger partial charge on any atom is -0.347 e. The summed E-state index contributed by atoms with van der Waals surface area (Å²) >= 11 is 0. The van der Waals surface area contributed by atoms with E-state index in [9.17, 15) is 22.8 Å². The molecule has 0 fully saturated rings. The SMILES string of the molecule is CCC(NC(=O)N(C)Cc1ccccc1C(F)(F)F)C(=O)N(C)C. The van der Waals surface area contributed by atoms with E-state index in [1.54, 1.807) is 21.0 Å². The van der Waals surface area contributed by atoms with Gasteiger partial charge in [0, 0.05) is 27.7 Å². The molecule has 5 nitrogen and oxygen atoms in total. The Morgan fingerprint density at radius 2 is 1.75 bits per heavy atom. The highest BCUT2D eigenvalue weighted by Crippen LogP contribution is 2.32. The minimum absolute atomic E-state index is 0.00497. The van der Waals surface area contributed by atoms with Gasteiger partial charge in [-0.3, -0.25) is 4.79 Å². The third-order valence-electron chi connectivity index (χ3n) is 3.52. The molecule has 0 aliphatic carbocycles. The van der Waals surface area contributed by atoms with Crippen molar-refractivity contribution in [3.8, 4) is 0 Å². The van der Waals surface area contributed by atoms with Crippen LogP contribution < -0.4 is 5.32 Å². The van der Waals surface area contributed by atoms with Crippen molar-refractivity contribution in [3.63, 3.8) is 0 Å². The van der Waals surface area contributed by atoms with Gasteiger partial charge < -0.3 is 15.1 Å². The van der Waals surface area contributed by atoms with Crippen LogP contribution in [-0.4, -0.2) is 48.9 Å². The third-order valence-corrected chi connectivity index (χ3v) is 3.52. The molecule has 0 saturated heterocycles. The first kappa shape index (κ1) is 19.8. The summed E-state index contributed by atoms with van der Waals surface area (Å²) in [5.74, 6) is -0.269. The van der Waals surface area contributed by atoms with E-state index >= 15 is 0 Å². The third kappa shape index (κ3) is 5.14. The van der Waals surface area contributed by atoms with Crippen molar-refractivity contribution >= 4 is 11.9 Å². The Morgan fingerprint density at radius 1 is 1.17 bits per heavy atom. The molecule has 1 aromatic carbocycles. The minimum atomic E-state index is -4.49. The molecule has 1 rings (SSSR count). The summed E-state index contributed by atoms with van der Waals surface area (Å²) < 4.78 is 39.0. The molecular weight excluding hydrogens is 323 g/mol. The van der Waals surface area contributed by atoms with E-state index in [0.717, 1.165) is 11.0 Å². The van der Waals surface area contributed by atoms with Crippen molar-refractivity contribution in [2.45, 2.75) is 32.1 Å². The van der Waals surface area contributed by atoms with Crippen molar-refractivity contribution in [1.29, 1.82) is 0 Å². The Hall–Kier alpha value is -2.25. The number of carbonyl (C=O) groups excluding carboxylic acids is 2. The number of hydrogen-bond donors (Lipinski definition) is 1. The zero-order chi connectivity index (χ0) is 18.5. The number of halogens is 3. The van der Waals surface area contributed by atoms with Gasteiger partial charge in [0.2, 0.25) is 5.91 Å². The fourth-order valence-corrected chi connectivity index (χ4v) is 2.17. The van der Waals surface area contributed by atoms with Gasteiger partial charge in [0.1, 0.15) is 6.04 Å². The van der Waals surface area contributed by atoms with Gasteiger partial charge in [0.25, 0.3) is 0 Å². The molecule has 1 N–H and O–H groups in total. The number of amides is 3. The molecule has 0 aliphatic rings. The Kier molecular flexibility index (Phi) is 6.62. The van der Waals surface area contributed by atoms with Crippen LogP contribution in [0.2, 0.25) is 0 Å². The number of carbonyl (C=O) groups is 2. The first-order valence-electron chi connectivity index (χ1n) is 7.45. The van der Waals surface area contributed by atoms with E-state index in [1.807, 2.05) is 0 Å². The summed E-state index contributed by atoms with van der Waals surface area (Å²) in [7, 11) is 4.52. The first-order valence-corrected chi connectivity index (χ1v) is 7.45. The maximum Gasteiger partial charge on any atom is 0.416 e. The molecule has 8 heteroatoms. The molecule has 0 bridgehead atoms. The summed E-state index contributed by atoms with van der Waals surface area (Å²) in [6.45, 7) is 1.53. The Bertz CT molecular complexity index is 588. The zero-order valence-corrected chi connectivity index (χ0v) is 14.1. The molecule has 1 atom stereocenters. The van der Waals surface area contributed by atoms with Crippen LogP contribution in [0.15, 0.2) is 24.3 Å². The summed E-state index contributed by atoms with van der Waals surface area (Å²) in [6, 6.07) is 3.78. The number of likely N-dealkylation sites (N-methyl/N-ethyl adjacent to an activating group) is 1. The Labute approximate surface area is 139 Å². The summed E-state index contributed by atoms with van der Waals surface area (Å²) in [6.07, 6.45) is -4.10. The van der Waals surface area contributed by atoms with Gasteiger partial charge in [-0.15, -0.1) is 0 Å². The van der Waals surface area contributed by atoms with Crippen LogP contribution in [0.5, 0.6) is 0 Å². The smallest absolute Gasteiger partial charge is 0.347 e. The summed E-state index contributed by atoms with van der Waals surface area (Å²) in [5.41, 5.74) is -0.782. The maximum atomic E-state index is 13.0. The molecule has 0 aromatic heterocycles. The van der Waals surface area contributed by atoms with E-state index in [0.29, 0.717) is 6.42 Å². The number of alkyl halides is 3. The fourth-order valence-electron chi connectivity index (χ4n) is 2.17. The van der Waals surface area contributed by atoms with Crippen molar-refractivity contribution in [1.82, 2.24) is 15.1 Å². The number of hydrogen-bond acceptors (Lipinski definition) is 2. The number of benzene rings is 1. The highest BCUT2D eigenvalue weighted by molar-refractivity contribution is 5.86. The number of nitrogens with one attached hydrogen (secondary N) is 1. The molecule has 0 heterocycles. The first-order chi connectivity index (χ1) is 11.1. The van der Waals surface area contributed by atoms with Crippen LogP contribution in [0.25, 0.3) is 0 Å². The average molecular weight is 345 g/mol. The van der Waals surface area contributed by atoms with Gasteiger partial charge in [-0.1, -0.05) is 25.1 Å². The van der Waals surface area contributed by atoms with Crippen LogP contribution in [0.4, 0.5) is 18.0 Å². The molecular formula is C16H22F3N3O2. The molecule has 1 aromatic rings. The normalized spacial score (nSPS) is 12.5. The lowest BCUT2D eigenvalue weighted by molar-refractivity contribution is -0.138. The predicted molar refractivity (Wildman–Crippen MR) is 84.2 cm³/mol. The summed E-state index contributed by atoms with van der Waals surface area (Å²) in [4.78, 5) is 26.6. The lowest BCUT2D eigenvalue weighted by Gasteiger charge is -2.25. The van der Waals surface area contributed by atoms with E-state index in [2.05, 4.69) is 5.32 Å². The van der Waals surface area contributed by atoms with Crippen LogP contribution >= 0.6 is 0 Å². The zero-order valence-electron chi connectivity index (χ0n) is 14.1. The van der Waals surface area contributed by atoms with Gasteiger partial charge >= 0.3 is 12.2 Å². The standard InChI is InChI=1S/C16H22F3N3O2/c1-5-13(14(23)21(2)3)20-15(24)22(4)10-11-8-6-7-9-12(11)16(17,18)19/h6-9,13H,5,10H2,1-4H3,(H,20,24). The summed E-state index contributed by atoms with van der Waals surface area (Å²) in [5, 5.41) is 2.54. The fraction of sp³-hybridized carbons (Fsp3) is 0.500. The lowest BCUT2D eigenvalue weighted by Crippen LogP contribution is -2.49.